The number of aromatic nitrogens is 2. The van der Waals surface area contributed by atoms with Crippen molar-refractivity contribution in [3.8, 4) is 0 Å². The zero-order valence-electron chi connectivity index (χ0n) is 13.6. The van der Waals surface area contributed by atoms with E-state index in [0.29, 0.717) is 29.8 Å². The molecule has 0 radical (unpaired) electrons. The van der Waals surface area contributed by atoms with Gasteiger partial charge in [-0.15, -0.1) is 0 Å². The maximum Gasteiger partial charge on any atom is 0.327 e. The molecule has 1 saturated heterocycles. The molecular weight excluding hydrogens is 332 g/mol. The molecule has 3 rings (SSSR count). The zero-order valence-corrected chi connectivity index (χ0v) is 14.4. The molecule has 128 valence electrons. The smallest absolute Gasteiger partial charge is 0.327 e. The third kappa shape index (κ3) is 3.12. The number of furan rings is 1. The number of nitrogens with zero attached hydrogens (tertiary/aromatic N) is 1. The molecule has 0 unspecified atom stereocenters. The fourth-order valence-corrected chi connectivity index (χ4v) is 3.24. The number of aryl methyl sites for hydroxylation is 1. The topological polar surface area (TPSA) is 111 Å². The molecule has 0 spiro atoms. The van der Waals surface area contributed by atoms with Crippen LogP contribution in [0.3, 0.4) is 0 Å². The molecule has 0 saturated carbocycles. The average molecular weight is 350 g/mol. The van der Waals surface area contributed by atoms with Crippen molar-refractivity contribution in [1.29, 1.82) is 0 Å². The Balaban J connectivity index is 1.68. The lowest BCUT2D eigenvalue weighted by molar-refractivity contribution is 0.0854. The van der Waals surface area contributed by atoms with Gasteiger partial charge in [-0.25, -0.2) is 4.79 Å². The number of amides is 1. The van der Waals surface area contributed by atoms with Crippen molar-refractivity contribution in [1.82, 2.24) is 15.3 Å². The summed E-state index contributed by atoms with van der Waals surface area (Å²) in [5, 5.41) is 3.65. The largest absolute Gasteiger partial charge is 0.444 e. The lowest BCUT2D eigenvalue weighted by Gasteiger charge is -2.48. The number of hydrogen-bond acceptors (Lipinski definition) is 6. The standard InChI is InChI=1S/C15H18N4O4S/c1-8-4-11(24-3)23-12(8)13(21)18-15(2)6-19(7-15)9-5-10(20)17-14(22)16-9/h4-5H,6-7H2,1-3H3,(H,18,21)(H2,16,17,20,22). The molecule has 8 nitrogen and oxygen atoms in total. The van der Waals surface area contributed by atoms with E-state index in [-0.39, 0.29) is 5.91 Å². The molecule has 0 aromatic carbocycles. The van der Waals surface area contributed by atoms with Crippen molar-refractivity contribution in [2.75, 3.05) is 24.2 Å². The normalized spacial score (nSPS) is 15.9. The first-order valence-electron chi connectivity index (χ1n) is 7.35. The maximum atomic E-state index is 12.4. The number of thioether (sulfide) groups is 1. The van der Waals surface area contributed by atoms with E-state index in [1.54, 1.807) is 0 Å². The van der Waals surface area contributed by atoms with Crippen LogP contribution in [0.2, 0.25) is 0 Å². The Labute approximate surface area is 141 Å². The van der Waals surface area contributed by atoms with Gasteiger partial charge in [0.1, 0.15) is 5.82 Å². The Morgan fingerprint density at radius 3 is 2.62 bits per heavy atom. The molecule has 9 heteroatoms. The van der Waals surface area contributed by atoms with Crippen LogP contribution < -0.4 is 21.5 Å². The molecule has 0 bridgehead atoms. The van der Waals surface area contributed by atoms with Gasteiger partial charge >= 0.3 is 5.69 Å². The molecule has 2 aromatic heterocycles. The summed E-state index contributed by atoms with van der Waals surface area (Å²) in [7, 11) is 0. The Morgan fingerprint density at radius 1 is 1.33 bits per heavy atom. The van der Waals surface area contributed by atoms with Crippen molar-refractivity contribution < 1.29 is 9.21 Å². The van der Waals surface area contributed by atoms with E-state index in [4.69, 9.17) is 4.42 Å². The van der Waals surface area contributed by atoms with E-state index >= 15 is 0 Å². The third-order valence-electron chi connectivity index (χ3n) is 3.88. The van der Waals surface area contributed by atoms with Crippen molar-refractivity contribution in [3.63, 3.8) is 0 Å². The molecule has 2 aromatic rings. The first-order chi connectivity index (χ1) is 11.3. The highest BCUT2D eigenvalue weighted by Crippen LogP contribution is 2.27. The molecule has 0 atom stereocenters. The van der Waals surface area contributed by atoms with Gasteiger partial charge in [-0.1, -0.05) is 11.8 Å². The van der Waals surface area contributed by atoms with Crippen LogP contribution in [-0.4, -0.2) is 40.8 Å². The van der Waals surface area contributed by atoms with Gasteiger partial charge in [0.05, 0.1) is 5.54 Å². The molecule has 1 fully saturated rings. The number of rotatable bonds is 4. The van der Waals surface area contributed by atoms with Crippen LogP contribution in [0.1, 0.15) is 23.0 Å². The first kappa shape index (κ1) is 16.4. The number of hydrogen-bond donors (Lipinski definition) is 3. The summed E-state index contributed by atoms with van der Waals surface area (Å²) in [4.78, 5) is 41.6. The second-order valence-electron chi connectivity index (χ2n) is 6.13. The minimum atomic E-state index is -0.550. The van der Waals surface area contributed by atoms with Gasteiger partial charge in [0.25, 0.3) is 11.5 Å². The summed E-state index contributed by atoms with van der Waals surface area (Å²) in [6.45, 7) is 4.69. The minimum Gasteiger partial charge on any atom is -0.444 e. The minimum absolute atomic E-state index is 0.269. The van der Waals surface area contributed by atoms with E-state index in [9.17, 15) is 14.4 Å². The molecular formula is C15H18N4O4S. The Morgan fingerprint density at radius 2 is 2.04 bits per heavy atom. The molecule has 1 aliphatic rings. The number of nitrogens with one attached hydrogen (secondary N) is 3. The van der Waals surface area contributed by atoms with Gasteiger partial charge in [0, 0.05) is 24.7 Å². The predicted octanol–water partition coefficient (Wildman–Crippen LogP) is 0.695. The second kappa shape index (κ2) is 5.90. The van der Waals surface area contributed by atoms with E-state index < -0.39 is 16.8 Å². The van der Waals surface area contributed by atoms with E-state index in [0.717, 1.165) is 5.56 Å². The predicted molar refractivity (Wildman–Crippen MR) is 91.0 cm³/mol. The van der Waals surface area contributed by atoms with Crippen LogP contribution in [0.5, 0.6) is 0 Å². The highest BCUT2D eigenvalue weighted by molar-refractivity contribution is 7.98. The van der Waals surface area contributed by atoms with Gasteiger partial charge in [-0.2, -0.15) is 0 Å². The first-order valence-corrected chi connectivity index (χ1v) is 8.58. The van der Waals surface area contributed by atoms with Crippen LogP contribution >= 0.6 is 11.8 Å². The molecule has 1 aliphatic heterocycles. The summed E-state index contributed by atoms with van der Waals surface area (Å²) in [5.74, 6) is 0.479. The summed E-state index contributed by atoms with van der Waals surface area (Å²) in [6, 6.07) is 3.15. The lowest BCUT2D eigenvalue weighted by Crippen LogP contribution is -2.69. The SMILES string of the molecule is CSc1cc(C)c(C(=O)NC2(C)CN(c3cc(=O)[nH]c(=O)[nH]3)C2)o1. The highest BCUT2D eigenvalue weighted by atomic mass is 32.2. The van der Waals surface area contributed by atoms with Gasteiger partial charge in [-0.05, 0) is 26.2 Å². The van der Waals surface area contributed by atoms with Crippen LogP contribution in [0, 0.1) is 6.92 Å². The van der Waals surface area contributed by atoms with Crippen LogP contribution in [0.4, 0.5) is 5.82 Å². The van der Waals surface area contributed by atoms with Crippen molar-refractivity contribution in [2.24, 2.45) is 0 Å². The fraction of sp³-hybridized carbons (Fsp3) is 0.400. The molecule has 1 amide bonds. The van der Waals surface area contributed by atoms with Crippen molar-refractivity contribution in [3.05, 3.63) is 44.3 Å². The summed E-state index contributed by atoms with van der Waals surface area (Å²) in [6.07, 6.45) is 1.88. The van der Waals surface area contributed by atoms with Gasteiger partial charge in [0.2, 0.25) is 0 Å². The van der Waals surface area contributed by atoms with Crippen LogP contribution in [0.15, 0.2) is 31.2 Å². The van der Waals surface area contributed by atoms with E-state index in [1.165, 1.54) is 17.8 Å². The fourth-order valence-electron chi connectivity index (χ4n) is 2.78. The van der Waals surface area contributed by atoms with Gasteiger partial charge in [0.15, 0.2) is 10.9 Å². The zero-order chi connectivity index (χ0) is 17.5. The lowest BCUT2D eigenvalue weighted by atomic mass is 9.92. The maximum absolute atomic E-state index is 12.4. The quantitative estimate of drug-likeness (QED) is 0.700. The Kier molecular flexibility index (Phi) is 4.04. The van der Waals surface area contributed by atoms with Gasteiger partial charge in [-0.3, -0.25) is 19.6 Å². The molecule has 3 N–H and O–H groups in total. The number of aromatic amines is 2. The molecule has 3 heterocycles. The third-order valence-corrected chi connectivity index (χ3v) is 4.49. The second-order valence-corrected chi connectivity index (χ2v) is 6.94. The number of H-pyrrole nitrogens is 2. The highest BCUT2D eigenvalue weighted by Gasteiger charge is 2.41. The summed E-state index contributed by atoms with van der Waals surface area (Å²) in [5.41, 5.74) is -0.682. The van der Waals surface area contributed by atoms with Gasteiger partial charge < -0.3 is 14.6 Å². The average Bonchev–Trinajstić information content (AvgIpc) is 2.84. The number of anilines is 1. The molecule has 24 heavy (non-hydrogen) atoms. The molecule has 0 aliphatic carbocycles. The van der Waals surface area contributed by atoms with Crippen LogP contribution in [-0.2, 0) is 0 Å². The van der Waals surface area contributed by atoms with Crippen LogP contribution in [0.25, 0.3) is 0 Å². The summed E-state index contributed by atoms with van der Waals surface area (Å²) < 4.78 is 5.53. The van der Waals surface area contributed by atoms with Crippen molar-refractivity contribution in [2.45, 2.75) is 24.5 Å². The number of carbonyl (C=O) groups excluding carboxylic acids is 1. The van der Waals surface area contributed by atoms with Crippen molar-refractivity contribution >= 4 is 23.5 Å². The number of carbonyl (C=O) groups is 1. The van der Waals surface area contributed by atoms with E-state index in [2.05, 4.69) is 15.3 Å². The van der Waals surface area contributed by atoms with E-state index in [1.807, 2.05) is 31.1 Å². The Bertz CT molecular complexity index is 863. The Hall–Kier alpha value is -2.42. The summed E-state index contributed by atoms with van der Waals surface area (Å²) >= 11 is 1.44. The monoisotopic (exact) mass is 350 g/mol.